The van der Waals surface area contributed by atoms with Gasteiger partial charge in [0.1, 0.15) is 10.5 Å². The Kier molecular flexibility index (Phi) is 7.02. The van der Waals surface area contributed by atoms with Crippen LogP contribution >= 0.6 is 34.7 Å². The van der Waals surface area contributed by atoms with Crippen LogP contribution in [0.5, 0.6) is 0 Å². The molecule has 3 aromatic rings. The van der Waals surface area contributed by atoms with Crippen molar-refractivity contribution in [3.63, 3.8) is 0 Å². The smallest absolute Gasteiger partial charge is 0.273 e. The highest BCUT2D eigenvalue weighted by Gasteiger charge is 2.22. The molecule has 0 radical (unpaired) electrons. The number of carbonyl (C=O) groups is 1. The van der Waals surface area contributed by atoms with E-state index in [2.05, 4.69) is 27.1 Å². The number of rotatable bonds is 6. The number of benzene rings is 1. The summed E-state index contributed by atoms with van der Waals surface area (Å²) in [5.74, 6) is -0.342. The summed E-state index contributed by atoms with van der Waals surface area (Å²) in [4.78, 5) is 36.8. The minimum absolute atomic E-state index is 0.0268. The monoisotopic (exact) mass is 495 g/mol. The maximum atomic E-state index is 13.9. The summed E-state index contributed by atoms with van der Waals surface area (Å²) in [7, 11) is 0. The number of thiazole rings is 1. The second-order valence-electron chi connectivity index (χ2n) is 7.72. The molecule has 11 heteroatoms. The van der Waals surface area contributed by atoms with Crippen molar-refractivity contribution in [2.75, 3.05) is 29.1 Å². The lowest BCUT2D eigenvalue weighted by Crippen LogP contribution is -2.32. The Bertz CT molecular complexity index is 1210. The summed E-state index contributed by atoms with van der Waals surface area (Å²) < 4.78 is 16.0. The van der Waals surface area contributed by atoms with E-state index in [1.165, 1.54) is 23.5 Å². The predicted octanol–water partition coefficient (Wildman–Crippen LogP) is 4.63. The fourth-order valence-electron chi connectivity index (χ4n) is 3.51. The van der Waals surface area contributed by atoms with E-state index < -0.39 is 11.7 Å². The molecule has 4 rings (SSSR count). The summed E-state index contributed by atoms with van der Waals surface area (Å²) >= 11 is 8.24. The molecule has 170 valence electrons. The van der Waals surface area contributed by atoms with E-state index in [9.17, 15) is 14.0 Å². The van der Waals surface area contributed by atoms with E-state index in [-0.39, 0.29) is 22.0 Å². The normalized spacial score (nSPS) is 14.8. The highest BCUT2D eigenvalue weighted by Crippen LogP contribution is 2.30. The summed E-state index contributed by atoms with van der Waals surface area (Å²) in [5.41, 5.74) is 0.305. The van der Waals surface area contributed by atoms with Gasteiger partial charge >= 0.3 is 0 Å². The molecule has 7 nitrogen and oxygen atoms in total. The number of anilines is 2. The molecule has 0 spiro atoms. The van der Waals surface area contributed by atoms with Crippen molar-refractivity contribution in [1.29, 1.82) is 0 Å². The number of aromatic nitrogens is 3. The Balaban J connectivity index is 1.52. The Morgan fingerprint density at radius 3 is 2.78 bits per heavy atom. The van der Waals surface area contributed by atoms with Gasteiger partial charge in [0.05, 0.1) is 11.4 Å². The van der Waals surface area contributed by atoms with Crippen molar-refractivity contribution >= 4 is 61.8 Å². The van der Waals surface area contributed by atoms with Crippen molar-refractivity contribution in [3.8, 4) is 0 Å². The van der Waals surface area contributed by atoms with Crippen LogP contribution in [0.1, 0.15) is 26.7 Å². The quantitative estimate of drug-likeness (QED) is 0.396. The lowest BCUT2D eigenvalue weighted by Gasteiger charge is -2.29. The van der Waals surface area contributed by atoms with Crippen molar-refractivity contribution < 1.29 is 9.18 Å². The van der Waals surface area contributed by atoms with Crippen molar-refractivity contribution in [2.24, 2.45) is 5.92 Å². The molecule has 1 aliphatic heterocycles. The third-order valence-electron chi connectivity index (χ3n) is 5.38. The number of fused-ring (bicyclic) bond motifs is 1. The Morgan fingerprint density at radius 2 is 2.09 bits per heavy atom. The molecule has 1 aromatic carbocycles. The summed E-state index contributed by atoms with van der Waals surface area (Å²) in [6.45, 7) is 6.37. The third-order valence-corrected chi connectivity index (χ3v) is 7.68. The summed E-state index contributed by atoms with van der Waals surface area (Å²) in [5, 5.41) is 4.00. The highest BCUT2D eigenvalue weighted by atomic mass is 35.5. The number of hydrogen-bond acceptors (Lipinski definition) is 7. The average molecular weight is 496 g/mol. The van der Waals surface area contributed by atoms with E-state index in [0.717, 1.165) is 48.9 Å². The Morgan fingerprint density at radius 1 is 1.34 bits per heavy atom. The zero-order valence-electron chi connectivity index (χ0n) is 17.7. The summed E-state index contributed by atoms with van der Waals surface area (Å²) in [6.07, 6.45) is 2.21. The largest absolute Gasteiger partial charge is 0.348 e. The van der Waals surface area contributed by atoms with Gasteiger partial charge in [-0.15, -0.1) is 0 Å². The molecule has 1 amide bonds. The highest BCUT2D eigenvalue weighted by molar-refractivity contribution is 7.99. The zero-order chi connectivity index (χ0) is 22.8. The fourth-order valence-corrected chi connectivity index (χ4v) is 5.52. The minimum Gasteiger partial charge on any atom is -0.348 e. The molecule has 1 N–H and O–H groups in total. The standard InChI is InChI=1S/C21H23ClFN5O2S2/c1-3-28-19(30)17-18(25-20(32-17)27-8-6-12(2)7-9-27)26-21(28)31-11-16(29)24-15-5-4-13(22)10-14(15)23/h4-5,10,12H,3,6-9,11H2,1-2H3,(H,24,29). The third kappa shape index (κ3) is 4.92. The van der Waals surface area contributed by atoms with Crippen LogP contribution in [0.25, 0.3) is 10.3 Å². The average Bonchev–Trinajstić information content (AvgIpc) is 3.19. The van der Waals surface area contributed by atoms with Crippen LogP contribution in [0.4, 0.5) is 15.2 Å². The van der Waals surface area contributed by atoms with Crippen LogP contribution < -0.4 is 15.8 Å². The van der Waals surface area contributed by atoms with E-state index in [4.69, 9.17) is 11.6 Å². The van der Waals surface area contributed by atoms with Gasteiger partial charge < -0.3 is 10.2 Å². The number of nitrogens with zero attached hydrogens (tertiary/aromatic N) is 4. The van der Waals surface area contributed by atoms with Gasteiger partial charge in [-0.3, -0.25) is 14.2 Å². The molecular formula is C21H23ClFN5O2S2. The van der Waals surface area contributed by atoms with Gasteiger partial charge in [0.2, 0.25) is 5.91 Å². The van der Waals surface area contributed by atoms with Gasteiger partial charge in [-0.2, -0.15) is 4.98 Å². The number of hydrogen-bond donors (Lipinski definition) is 1. The first kappa shape index (κ1) is 23.0. The maximum Gasteiger partial charge on any atom is 0.273 e. The fraction of sp³-hybridized carbons (Fsp3) is 0.429. The van der Waals surface area contributed by atoms with Gasteiger partial charge in [0, 0.05) is 24.7 Å². The molecule has 0 unspecified atom stereocenters. The lowest BCUT2D eigenvalue weighted by molar-refractivity contribution is -0.113. The molecule has 0 aliphatic carbocycles. The lowest BCUT2D eigenvalue weighted by atomic mass is 10.00. The van der Waals surface area contributed by atoms with Crippen LogP contribution in [0, 0.1) is 11.7 Å². The van der Waals surface area contributed by atoms with E-state index in [0.29, 0.717) is 28.0 Å². The molecule has 2 aromatic heterocycles. The Hall–Kier alpha value is -2.17. The van der Waals surface area contributed by atoms with Crippen molar-refractivity contribution in [2.45, 2.75) is 38.4 Å². The van der Waals surface area contributed by atoms with Crippen molar-refractivity contribution in [3.05, 3.63) is 39.4 Å². The van der Waals surface area contributed by atoms with Gasteiger partial charge in [-0.05, 0) is 43.9 Å². The van der Waals surface area contributed by atoms with Gasteiger partial charge in [0.15, 0.2) is 15.9 Å². The molecule has 32 heavy (non-hydrogen) atoms. The van der Waals surface area contributed by atoms with E-state index in [1.807, 2.05) is 6.92 Å². The van der Waals surface area contributed by atoms with Crippen LogP contribution in [0.2, 0.25) is 5.02 Å². The second kappa shape index (κ2) is 9.76. The predicted molar refractivity (Wildman–Crippen MR) is 129 cm³/mol. The molecule has 1 aliphatic rings. The molecule has 0 saturated carbocycles. The number of piperidine rings is 1. The molecule has 1 fully saturated rings. The molecule has 3 heterocycles. The van der Waals surface area contributed by atoms with Crippen LogP contribution in [0.3, 0.4) is 0 Å². The number of thioether (sulfide) groups is 1. The van der Waals surface area contributed by atoms with E-state index in [1.54, 1.807) is 4.57 Å². The first-order valence-electron chi connectivity index (χ1n) is 10.4. The van der Waals surface area contributed by atoms with Crippen LogP contribution in [-0.4, -0.2) is 39.3 Å². The number of nitrogens with one attached hydrogen (secondary N) is 1. The summed E-state index contributed by atoms with van der Waals surface area (Å²) in [6, 6.07) is 4.04. The SMILES string of the molecule is CCn1c(SCC(=O)Nc2ccc(Cl)cc2F)nc2nc(N3CCC(C)CC3)sc2c1=O. The first-order chi connectivity index (χ1) is 15.4. The second-order valence-corrected chi connectivity index (χ2v) is 10.1. The molecular weight excluding hydrogens is 473 g/mol. The first-order valence-corrected chi connectivity index (χ1v) is 12.6. The topological polar surface area (TPSA) is 80.1 Å². The van der Waals surface area contributed by atoms with E-state index >= 15 is 0 Å². The Labute approximate surface area is 198 Å². The number of halogens is 2. The van der Waals surface area contributed by atoms with Crippen molar-refractivity contribution in [1.82, 2.24) is 14.5 Å². The molecule has 0 bridgehead atoms. The number of carbonyl (C=O) groups excluding carboxylic acids is 1. The maximum absolute atomic E-state index is 13.9. The van der Waals surface area contributed by atoms with Crippen LogP contribution in [0.15, 0.2) is 28.2 Å². The number of amides is 1. The molecule has 0 atom stereocenters. The van der Waals surface area contributed by atoms with Gasteiger partial charge in [-0.1, -0.05) is 41.6 Å². The van der Waals surface area contributed by atoms with Crippen LogP contribution in [-0.2, 0) is 11.3 Å². The van der Waals surface area contributed by atoms with Gasteiger partial charge in [0.25, 0.3) is 5.56 Å². The molecule has 1 saturated heterocycles. The zero-order valence-corrected chi connectivity index (χ0v) is 20.1. The minimum atomic E-state index is -0.608. The van der Waals surface area contributed by atoms with Gasteiger partial charge in [-0.25, -0.2) is 9.37 Å².